The summed E-state index contributed by atoms with van der Waals surface area (Å²) in [4.78, 5) is 14.8. The van der Waals surface area contributed by atoms with Crippen molar-refractivity contribution in [2.75, 3.05) is 37.6 Å². The molecular formula is C13H18N2O3. The zero-order valence-corrected chi connectivity index (χ0v) is 10.2. The van der Waals surface area contributed by atoms with E-state index in [-0.39, 0.29) is 6.42 Å². The van der Waals surface area contributed by atoms with Crippen LogP contribution in [0.15, 0.2) is 24.3 Å². The highest BCUT2D eigenvalue weighted by molar-refractivity contribution is 5.66. The number of piperazine rings is 1. The molecule has 18 heavy (non-hydrogen) atoms. The number of benzene rings is 1. The lowest BCUT2D eigenvalue weighted by atomic mass is 10.2. The number of aliphatic carboxylic acids is 1. The number of hydrogen-bond donors (Lipinski definition) is 2. The van der Waals surface area contributed by atoms with Gasteiger partial charge in [-0.1, -0.05) is 12.1 Å². The van der Waals surface area contributed by atoms with Gasteiger partial charge in [0.2, 0.25) is 0 Å². The summed E-state index contributed by atoms with van der Waals surface area (Å²) in [6.07, 6.45) is 0.191. The van der Waals surface area contributed by atoms with Crippen molar-refractivity contribution >= 4 is 11.7 Å². The first-order valence-electron chi connectivity index (χ1n) is 6.14. The molecule has 1 heterocycles. The first-order valence-corrected chi connectivity index (χ1v) is 6.14. The molecule has 1 aliphatic heterocycles. The van der Waals surface area contributed by atoms with E-state index < -0.39 is 5.97 Å². The molecule has 0 bridgehead atoms. The third kappa shape index (κ3) is 3.13. The molecule has 1 fully saturated rings. The van der Waals surface area contributed by atoms with E-state index in [1.807, 2.05) is 18.2 Å². The highest BCUT2D eigenvalue weighted by Gasteiger charge is 2.19. The van der Waals surface area contributed by atoms with Crippen LogP contribution < -0.4 is 4.90 Å². The Labute approximate surface area is 106 Å². The fourth-order valence-electron chi connectivity index (χ4n) is 2.20. The summed E-state index contributed by atoms with van der Waals surface area (Å²) in [5.74, 6) is -0.449. The number of phenolic OH excluding ortho intramolecular Hbond substituents is 1. The van der Waals surface area contributed by atoms with Crippen molar-refractivity contribution < 1.29 is 15.0 Å². The smallest absolute Gasteiger partial charge is 0.304 e. The standard InChI is InChI=1S/C13H18N2O3/c16-12-4-2-1-3-11(12)15-9-7-14(8-10-15)6-5-13(17)18/h1-4,16H,5-10H2,(H,17,18). The van der Waals surface area contributed by atoms with Gasteiger partial charge < -0.3 is 15.1 Å². The molecule has 0 spiro atoms. The fraction of sp³-hybridized carbons (Fsp3) is 0.462. The molecule has 0 saturated carbocycles. The van der Waals surface area contributed by atoms with Gasteiger partial charge in [0.05, 0.1) is 12.1 Å². The van der Waals surface area contributed by atoms with Crippen LogP contribution in [0.25, 0.3) is 0 Å². The molecule has 0 aromatic heterocycles. The van der Waals surface area contributed by atoms with Crippen molar-refractivity contribution in [3.8, 4) is 5.75 Å². The molecule has 5 heteroatoms. The van der Waals surface area contributed by atoms with E-state index in [1.165, 1.54) is 0 Å². The molecule has 0 radical (unpaired) electrons. The topological polar surface area (TPSA) is 64.0 Å². The molecule has 1 aliphatic rings. The maximum Gasteiger partial charge on any atom is 0.304 e. The Kier molecular flexibility index (Phi) is 4.04. The number of rotatable bonds is 4. The van der Waals surface area contributed by atoms with Crippen molar-refractivity contribution in [2.45, 2.75) is 6.42 Å². The minimum absolute atomic E-state index is 0.191. The molecule has 0 amide bonds. The molecule has 98 valence electrons. The van der Waals surface area contributed by atoms with Crippen LogP contribution >= 0.6 is 0 Å². The summed E-state index contributed by atoms with van der Waals surface area (Å²) in [5.41, 5.74) is 0.857. The minimum atomic E-state index is -0.752. The molecule has 0 aliphatic carbocycles. The van der Waals surface area contributed by atoms with Crippen LogP contribution in [0, 0.1) is 0 Å². The van der Waals surface area contributed by atoms with Crippen LogP contribution in [0.5, 0.6) is 5.75 Å². The second-order valence-corrected chi connectivity index (χ2v) is 4.46. The number of carboxylic acid groups (broad SMARTS) is 1. The minimum Gasteiger partial charge on any atom is -0.506 e. The van der Waals surface area contributed by atoms with Crippen molar-refractivity contribution in [3.63, 3.8) is 0 Å². The highest BCUT2D eigenvalue weighted by Crippen LogP contribution is 2.27. The monoisotopic (exact) mass is 250 g/mol. The quantitative estimate of drug-likeness (QED) is 0.834. The number of carbonyl (C=O) groups is 1. The molecule has 2 N–H and O–H groups in total. The lowest BCUT2D eigenvalue weighted by molar-refractivity contribution is -0.137. The number of carboxylic acids is 1. The maximum absolute atomic E-state index is 10.5. The molecule has 1 aromatic rings. The van der Waals surface area contributed by atoms with E-state index in [0.29, 0.717) is 12.3 Å². The average molecular weight is 250 g/mol. The number of phenols is 1. The maximum atomic E-state index is 10.5. The van der Waals surface area contributed by atoms with E-state index >= 15 is 0 Å². The van der Waals surface area contributed by atoms with E-state index in [4.69, 9.17) is 5.11 Å². The van der Waals surface area contributed by atoms with Gasteiger partial charge in [0.15, 0.2) is 0 Å². The van der Waals surface area contributed by atoms with Crippen LogP contribution in [0.3, 0.4) is 0 Å². The first-order chi connectivity index (χ1) is 8.66. The lowest BCUT2D eigenvalue weighted by Gasteiger charge is -2.36. The van der Waals surface area contributed by atoms with Crippen molar-refractivity contribution in [2.24, 2.45) is 0 Å². The highest BCUT2D eigenvalue weighted by atomic mass is 16.4. The molecule has 0 atom stereocenters. The van der Waals surface area contributed by atoms with Gasteiger partial charge in [-0.3, -0.25) is 9.69 Å². The van der Waals surface area contributed by atoms with Gasteiger partial charge in [-0.05, 0) is 12.1 Å². The zero-order valence-electron chi connectivity index (χ0n) is 10.2. The van der Waals surface area contributed by atoms with Gasteiger partial charge in [-0.2, -0.15) is 0 Å². The number of nitrogens with zero attached hydrogens (tertiary/aromatic N) is 2. The Hall–Kier alpha value is -1.75. The van der Waals surface area contributed by atoms with Crippen LogP contribution in [0.4, 0.5) is 5.69 Å². The summed E-state index contributed by atoms with van der Waals surface area (Å²) >= 11 is 0. The van der Waals surface area contributed by atoms with E-state index in [1.54, 1.807) is 6.07 Å². The summed E-state index contributed by atoms with van der Waals surface area (Å²) in [6, 6.07) is 7.31. The van der Waals surface area contributed by atoms with Gasteiger partial charge in [0.1, 0.15) is 5.75 Å². The Morgan fingerprint density at radius 2 is 1.83 bits per heavy atom. The van der Waals surface area contributed by atoms with Crippen molar-refractivity contribution in [1.82, 2.24) is 4.90 Å². The van der Waals surface area contributed by atoms with Crippen LogP contribution in [-0.4, -0.2) is 53.8 Å². The molecule has 5 nitrogen and oxygen atoms in total. The summed E-state index contributed by atoms with van der Waals surface area (Å²) < 4.78 is 0. The Balaban J connectivity index is 1.87. The zero-order chi connectivity index (χ0) is 13.0. The number of para-hydroxylation sites is 2. The summed E-state index contributed by atoms with van der Waals surface area (Å²) in [7, 11) is 0. The lowest BCUT2D eigenvalue weighted by Crippen LogP contribution is -2.46. The third-order valence-electron chi connectivity index (χ3n) is 3.24. The molecule has 1 aromatic carbocycles. The van der Waals surface area contributed by atoms with Crippen molar-refractivity contribution in [3.05, 3.63) is 24.3 Å². The van der Waals surface area contributed by atoms with Crippen LogP contribution in [0.1, 0.15) is 6.42 Å². The Morgan fingerprint density at radius 1 is 1.17 bits per heavy atom. The normalized spacial score (nSPS) is 16.8. The predicted octanol–water partition coefficient (Wildman–Crippen LogP) is 0.989. The van der Waals surface area contributed by atoms with Crippen LogP contribution in [0.2, 0.25) is 0 Å². The summed E-state index contributed by atoms with van der Waals surface area (Å²) in [5, 5.41) is 18.4. The number of hydrogen-bond acceptors (Lipinski definition) is 4. The van der Waals surface area contributed by atoms with Gasteiger partial charge in [0.25, 0.3) is 0 Å². The van der Waals surface area contributed by atoms with Gasteiger partial charge in [-0.25, -0.2) is 0 Å². The molecule has 2 rings (SSSR count). The third-order valence-corrected chi connectivity index (χ3v) is 3.24. The molecular weight excluding hydrogens is 232 g/mol. The van der Waals surface area contributed by atoms with E-state index in [2.05, 4.69) is 9.80 Å². The van der Waals surface area contributed by atoms with E-state index in [9.17, 15) is 9.90 Å². The second kappa shape index (κ2) is 5.73. The van der Waals surface area contributed by atoms with Gasteiger partial charge >= 0.3 is 5.97 Å². The SMILES string of the molecule is O=C(O)CCN1CCN(c2ccccc2O)CC1. The number of aromatic hydroxyl groups is 1. The van der Waals surface area contributed by atoms with Gasteiger partial charge in [-0.15, -0.1) is 0 Å². The number of anilines is 1. The summed E-state index contributed by atoms with van der Waals surface area (Å²) in [6.45, 7) is 3.90. The molecule has 0 unspecified atom stereocenters. The average Bonchev–Trinajstić information content (AvgIpc) is 2.38. The van der Waals surface area contributed by atoms with E-state index in [0.717, 1.165) is 31.9 Å². The Morgan fingerprint density at radius 3 is 2.44 bits per heavy atom. The Bertz CT molecular complexity index is 414. The van der Waals surface area contributed by atoms with Crippen LogP contribution in [-0.2, 0) is 4.79 Å². The fourth-order valence-corrected chi connectivity index (χ4v) is 2.20. The first kappa shape index (κ1) is 12.7. The van der Waals surface area contributed by atoms with Gasteiger partial charge in [0, 0.05) is 32.7 Å². The van der Waals surface area contributed by atoms with Crippen molar-refractivity contribution in [1.29, 1.82) is 0 Å². The predicted molar refractivity (Wildman–Crippen MR) is 69.0 cm³/mol. The molecule has 1 saturated heterocycles. The second-order valence-electron chi connectivity index (χ2n) is 4.46. The largest absolute Gasteiger partial charge is 0.506 e.